The second kappa shape index (κ2) is 7.87. The fraction of sp³-hybridized carbons (Fsp3) is 0.200. The Balaban J connectivity index is 1.70. The zero-order valence-corrected chi connectivity index (χ0v) is 12.6. The zero-order valence-electron chi connectivity index (χ0n) is 11.0. The SMILES string of the molecule is O=C(NCCSCc1ccccc1)c1ccc[nH]c1=S. The maximum atomic E-state index is 11.9. The van der Waals surface area contributed by atoms with Crippen LogP contribution in [-0.4, -0.2) is 23.2 Å². The largest absolute Gasteiger partial charge is 0.352 e. The maximum Gasteiger partial charge on any atom is 0.254 e. The van der Waals surface area contributed by atoms with Crippen LogP contribution < -0.4 is 5.32 Å². The first-order valence-corrected chi connectivity index (χ1v) is 7.91. The van der Waals surface area contributed by atoms with Crippen LogP contribution in [0, 0.1) is 4.64 Å². The molecule has 0 aliphatic rings. The Morgan fingerprint density at radius 2 is 2.00 bits per heavy atom. The number of carbonyl (C=O) groups is 1. The predicted octanol–water partition coefficient (Wildman–Crippen LogP) is 3.41. The van der Waals surface area contributed by atoms with E-state index in [1.54, 1.807) is 30.1 Å². The van der Waals surface area contributed by atoms with Gasteiger partial charge in [-0.05, 0) is 17.7 Å². The van der Waals surface area contributed by atoms with Crippen molar-refractivity contribution in [2.75, 3.05) is 12.3 Å². The molecule has 2 rings (SSSR count). The monoisotopic (exact) mass is 304 g/mol. The molecule has 0 aliphatic heterocycles. The average Bonchev–Trinajstić information content (AvgIpc) is 2.48. The first-order valence-electron chi connectivity index (χ1n) is 6.35. The number of benzene rings is 1. The van der Waals surface area contributed by atoms with E-state index in [0.29, 0.717) is 16.7 Å². The Kier molecular flexibility index (Phi) is 5.83. The zero-order chi connectivity index (χ0) is 14.2. The second-order valence-corrected chi connectivity index (χ2v) is 5.72. The standard InChI is InChI=1S/C15H16N2OS2/c18-14(13-7-4-8-17-15(13)19)16-9-10-20-11-12-5-2-1-3-6-12/h1-8H,9-11H2,(H,16,18)(H,17,19). The van der Waals surface area contributed by atoms with Gasteiger partial charge in [0.25, 0.3) is 5.91 Å². The molecule has 0 radical (unpaired) electrons. The number of aromatic amines is 1. The number of rotatable bonds is 6. The van der Waals surface area contributed by atoms with Crippen molar-refractivity contribution in [1.82, 2.24) is 10.3 Å². The number of amides is 1. The number of H-pyrrole nitrogens is 1. The molecule has 0 bridgehead atoms. The minimum Gasteiger partial charge on any atom is -0.352 e. The van der Waals surface area contributed by atoms with Gasteiger partial charge in [0.1, 0.15) is 4.64 Å². The predicted molar refractivity (Wildman–Crippen MR) is 86.6 cm³/mol. The lowest BCUT2D eigenvalue weighted by Crippen LogP contribution is -2.26. The number of hydrogen-bond acceptors (Lipinski definition) is 3. The van der Waals surface area contributed by atoms with Crippen molar-refractivity contribution < 1.29 is 4.79 Å². The normalized spacial score (nSPS) is 10.2. The van der Waals surface area contributed by atoms with Gasteiger partial charge in [0.05, 0.1) is 5.56 Å². The molecule has 0 unspecified atom stereocenters. The fourth-order valence-corrected chi connectivity index (χ4v) is 2.74. The summed E-state index contributed by atoms with van der Waals surface area (Å²) in [6.07, 6.45) is 1.72. The quantitative estimate of drug-likeness (QED) is 0.635. The summed E-state index contributed by atoms with van der Waals surface area (Å²) >= 11 is 6.87. The van der Waals surface area contributed by atoms with Crippen LogP contribution in [0.2, 0.25) is 0 Å². The van der Waals surface area contributed by atoms with Crippen molar-refractivity contribution in [2.24, 2.45) is 0 Å². The summed E-state index contributed by atoms with van der Waals surface area (Å²) in [5, 5.41) is 2.88. The summed E-state index contributed by atoms with van der Waals surface area (Å²) in [5.41, 5.74) is 1.82. The number of pyridine rings is 1. The van der Waals surface area contributed by atoms with Crippen LogP contribution in [-0.2, 0) is 5.75 Å². The van der Waals surface area contributed by atoms with Crippen LogP contribution in [0.4, 0.5) is 0 Å². The van der Waals surface area contributed by atoms with Crippen LogP contribution in [0.3, 0.4) is 0 Å². The minimum absolute atomic E-state index is 0.118. The Labute approximate surface area is 127 Å². The van der Waals surface area contributed by atoms with Crippen molar-refractivity contribution in [3.05, 3.63) is 64.4 Å². The van der Waals surface area contributed by atoms with Gasteiger partial charge in [-0.2, -0.15) is 11.8 Å². The van der Waals surface area contributed by atoms with Crippen LogP contribution in [0.25, 0.3) is 0 Å². The van der Waals surface area contributed by atoms with Gasteiger partial charge in [-0.3, -0.25) is 4.79 Å². The number of hydrogen-bond donors (Lipinski definition) is 2. The van der Waals surface area contributed by atoms with Crippen molar-refractivity contribution in [1.29, 1.82) is 0 Å². The highest BCUT2D eigenvalue weighted by Gasteiger charge is 2.05. The van der Waals surface area contributed by atoms with Crippen LogP contribution in [0.15, 0.2) is 48.7 Å². The van der Waals surface area contributed by atoms with E-state index in [4.69, 9.17) is 12.2 Å². The fourth-order valence-electron chi connectivity index (χ4n) is 1.70. The van der Waals surface area contributed by atoms with E-state index in [1.165, 1.54) is 5.56 Å². The first kappa shape index (κ1) is 14.8. The van der Waals surface area contributed by atoms with E-state index in [0.717, 1.165) is 11.5 Å². The molecular weight excluding hydrogens is 288 g/mol. The topological polar surface area (TPSA) is 44.9 Å². The number of carbonyl (C=O) groups excluding carboxylic acids is 1. The lowest BCUT2D eigenvalue weighted by atomic mass is 10.2. The molecule has 104 valence electrons. The second-order valence-electron chi connectivity index (χ2n) is 4.21. The molecule has 0 fully saturated rings. The molecule has 0 atom stereocenters. The molecule has 1 aromatic heterocycles. The summed E-state index contributed by atoms with van der Waals surface area (Å²) < 4.78 is 0.474. The van der Waals surface area contributed by atoms with Crippen LogP contribution in [0.5, 0.6) is 0 Å². The molecule has 0 spiro atoms. The van der Waals surface area contributed by atoms with Gasteiger partial charge in [-0.1, -0.05) is 42.5 Å². The minimum atomic E-state index is -0.118. The van der Waals surface area contributed by atoms with Crippen LogP contribution in [0.1, 0.15) is 15.9 Å². The summed E-state index contributed by atoms with van der Waals surface area (Å²) in [7, 11) is 0. The summed E-state index contributed by atoms with van der Waals surface area (Å²) in [4.78, 5) is 14.7. The van der Waals surface area contributed by atoms with E-state index >= 15 is 0 Å². The molecule has 0 saturated carbocycles. The third-order valence-corrected chi connectivity index (χ3v) is 4.07. The molecule has 2 N–H and O–H groups in total. The number of nitrogens with one attached hydrogen (secondary N) is 2. The molecule has 1 aromatic carbocycles. The molecule has 0 aliphatic carbocycles. The van der Waals surface area contributed by atoms with Gasteiger partial charge >= 0.3 is 0 Å². The van der Waals surface area contributed by atoms with Crippen molar-refractivity contribution in [2.45, 2.75) is 5.75 Å². The Bertz CT molecular complexity index is 611. The van der Waals surface area contributed by atoms with E-state index in [2.05, 4.69) is 22.4 Å². The van der Waals surface area contributed by atoms with Crippen LogP contribution >= 0.6 is 24.0 Å². The van der Waals surface area contributed by atoms with E-state index in [9.17, 15) is 4.79 Å². The van der Waals surface area contributed by atoms with Crippen molar-refractivity contribution in [3.63, 3.8) is 0 Å². The third kappa shape index (κ3) is 4.51. The van der Waals surface area contributed by atoms with Gasteiger partial charge in [0.2, 0.25) is 0 Å². The third-order valence-electron chi connectivity index (χ3n) is 2.71. The van der Waals surface area contributed by atoms with E-state index < -0.39 is 0 Å². The van der Waals surface area contributed by atoms with Gasteiger partial charge in [-0.15, -0.1) is 0 Å². The maximum absolute atomic E-state index is 11.9. The van der Waals surface area contributed by atoms with Crippen molar-refractivity contribution in [3.8, 4) is 0 Å². The average molecular weight is 304 g/mol. The highest BCUT2D eigenvalue weighted by Crippen LogP contribution is 2.10. The van der Waals surface area contributed by atoms with Gasteiger partial charge in [-0.25, -0.2) is 0 Å². The Morgan fingerprint density at radius 1 is 1.20 bits per heavy atom. The smallest absolute Gasteiger partial charge is 0.254 e. The Morgan fingerprint density at radius 3 is 2.75 bits per heavy atom. The first-order chi connectivity index (χ1) is 9.77. The van der Waals surface area contributed by atoms with E-state index in [1.807, 2.05) is 18.2 Å². The van der Waals surface area contributed by atoms with Crippen molar-refractivity contribution >= 4 is 29.9 Å². The number of aromatic nitrogens is 1. The molecule has 0 saturated heterocycles. The molecule has 20 heavy (non-hydrogen) atoms. The highest BCUT2D eigenvalue weighted by molar-refractivity contribution is 7.98. The Hall–Kier alpha value is -1.59. The lowest BCUT2D eigenvalue weighted by molar-refractivity contribution is 0.0955. The molecule has 3 nitrogen and oxygen atoms in total. The molecule has 5 heteroatoms. The summed E-state index contributed by atoms with van der Waals surface area (Å²) in [5.74, 6) is 1.72. The molecule has 2 aromatic rings. The molecular formula is C15H16N2OS2. The van der Waals surface area contributed by atoms with Gasteiger partial charge < -0.3 is 10.3 Å². The number of thioether (sulfide) groups is 1. The van der Waals surface area contributed by atoms with E-state index in [-0.39, 0.29) is 5.91 Å². The molecule has 1 heterocycles. The highest BCUT2D eigenvalue weighted by atomic mass is 32.2. The molecule has 1 amide bonds. The lowest BCUT2D eigenvalue weighted by Gasteiger charge is -2.05. The van der Waals surface area contributed by atoms with Gasteiger partial charge in [0, 0.05) is 24.2 Å². The summed E-state index contributed by atoms with van der Waals surface area (Å²) in [6, 6.07) is 13.8. The summed E-state index contributed by atoms with van der Waals surface area (Å²) in [6.45, 7) is 0.639. The van der Waals surface area contributed by atoms with Gasteiger partial charge in [0.15, 0.2) is 0 Å².